The molecular weight excluding hydrogens is 568 g/mol. The van der Waals surface area contributed by atoms with E-state index in [-0.39, 0.29) is 18.5 Å². The van der Waals surface area contributed by atoms with Crippen molar-refractivity contribution < 1.29 is 23.9 Å². The highest BCUT2D eigenvalue weighted by Crippen LogP contribution is 2.33. The number of ether oxygens (including phenoxy) is 1. The molecule has 0 saturated carbocycles. The van der Waals surface area contributed by atoms with Crippen LogP contribution in [-0.2, 0) is 36.8 Å². The first-order valence-electron chi connectivity index (χ1n) is 13.7. The molecule has 0 bridgehead atoms. The summed E-state index contributed by atoms with van der Waals surface area (Å²) in [5.41, 5.74) is 5.08. The highest BCUT2D eigenvalue weighted by Gasteiger charge is 2.56. The van der Waals surface area contributed by atoms with Crippen LogP contribution in [0.4, 0.5) is 5.69 Å². The van der Waals surface area contributed by atoms with Gasteiger partial charge in [0.05, 0.1) is 31.1 Å². The van der Waals surface area contributed by atoms with Crippen LogP contribution in [-0.4, -0.2) is 53.3 Å². The number of carbonyl (C=O) groups excluding carboxylic acids is 4. The molecule has 43 heavy (non-hydrogen) atoms. The monoisotopic (exact) mass is 600 g/mol. The van der Waals surface area contributed by atoms with Gasteiger partial charge in [0, 0.05) is 24.6 Å². The number of pyridine rings is 1. The Balaban J connectivity index is 1.96. The number of rotatable bonds is 11. The molecule has 10 heteroatoms. The quantitative estimate of drug-likeness (QED) is 0.196. The van der Waals surface area contributed by atoms with E-state index < -0.39 is 41.2 Å². The number of aromatic nitrogens is 1. The Morgan fingerprint density at radius 3 is 2.26 bits per heavy atom. The summed E-state index contributed by atoms with van der Waals surface area (Å²) in [5.74, 6) is -2.93. The lowest BCUT2D eigenvalue weighted by Gasteiger charge is -2.41. The van der Waals surface area contributed by atoms with Crippen molar-refractivity contribution in [2.24, 2.45) is 5.73 Å². The number of anilines is 1. The zero-order valence-corrected chi connectivity index (χ0v) is 24.9. The Morgan fingerprint density at radius 2 is 1.65 bits per heavy atom. The molecule has 3 N–H and O–H groups in total. The van der Waals surface area contributed by atoms with Gasteiger partial charge in [0.2, 0.25) is 17.4 Å². The van der Waals surface area contributed by atoms with Gasteiger partial charge in [-0.2, -0.15) is 0 Å². The van der Waals surface area contributed by atoms with Gasteiger partial charge in [-0.3, -0.25) is 24.3 Å². The summed E-state index contributed by atoms with van der Waals surface area (Å²) in [4.78, 5) is 60.7. The molecule has 1 aromatic heterocycles. The molecular formula is C33H33ClN4O5. The average molecular weight is 601 g/mol. The maximum absolute atomic E-state index is 15.0. The lowest BCUT2D eigenvalue weighted by Crippen LogP contribution is -2.68. The maximum Gasteiger partial charge on any atom is 0.340 e. The molecule has 4 rings (SSSR count). The number of benzene rings is 3. The van der Waals surface area contributed by atoms with Crippen LogP contribution in [0.15, 0.2) is 91.3 Å². The van der Waals surface area contributed by atoms with E-state index in [0.717, 1.165) is 22.8 Å². The molecule has 222 valence electrons. The molecule has 0 fully saturated rings. The molecule has 0 aliphatic heterocycles. The van der Waals surface area contributed by atoms with Crippen molar-refractivity contribution in [1.82, 2.24) is 10.3 Å². The SMILES string of the molecule is COC(=O)[C@@](Cc1ccc2ccccc2c1)(C(=O)[C@H](Cc1ccc(Cl)cc1)NC(=O)[C@H](C)N)N(C(C)=O)c1cccnc1. The lowest BCUT2D eigenvalue weighted by molar-refractivity contribution is -0.154. The highest BCUT2D eigenvalue weighted by atomic mass is 35.5. The van der Waals surface area contributed by atoms with Crippen molar-refractivity contribution in [2.75, 3.05) is 12.0 Å². The first kappa shape index (κ1) is 31.3. The van der Waals surface area contributed by atoms with E-state index >= 15 is 0 Å². The van der Waals surface area contributed by atoms with E-state index in [4.69, 9.17) is 22.1 Å². The Hall–Kier alpha value is -4.60. The second-order valence-electron chi connectivity index (χ2n) is 10.3. The fourth-order valence-corrected chi connectivity index (χ4v) is 5.29. The van der Waals surface area contributed by atoms with Crippen LogP contribution in [0.1, 0.15) is 25.0 Å². The van der Waals surface area contributed by atoms with E-state index in [1.165, 1.54) is 26.2 Å². The molecule has 0 spiro atoms. The largest absolute Gasteiger partial charge is 0.467 e. The van der Waals surface area contributed by atoms with Gasteiger partial charge >= 0.3 is 5.97 Å². The molecule has 0 unspecified atom stereocenters. The summed E-state index contributed by atoms with van der Waals surface area (Å²) in [7, 11) is 1.15. The first-order valence-corrected chi connectivity index (χ1v) is 14.1. The summed E-state index contributed by atoms with van der Waals surface area (Å²) in [5, 5.41) is 5.05. The second-order valence-corrected chi connectivity index (χ2v) is 10.8. The number of carbonyl (C=O) groups is 4. The minimum absolute atomic E-state index is 0.0102. The third kappa shape index (κ3) is 6.90. The molecule has 3 atom stereocenters. The second kappa shape index (κ2) is 13.6. The smallest absolute Gasteiger partial charge is 0.340 e. The van der Waals surface area contributed by atoms with Crippen molar-refractivity contribution >= 4 is 51.6 Å². The number of nitrogens with zero attached hydrogens (tertiary/aromatic N) is 2. The molecule has 1 heterocycles. The van der Waals surface area contributed by atoms with Gasteiger partial charge in [-0.15, -0.1) is 0 Å². The average Bonchev–Trinajstić information content (AvgIpc) is 3.00. The standard InChI is InChI=1S/C33H33ClN4O5/c1-21(35)31(41)37-29(18-23-11-14-27(34)15-12-23)30(40)33(32(42)43-3,38(22(2)39)28-9-6-16-36-20-28)19-24-10-13-25-7-4-5-8-26(25)17-24/h4-17,20-21,29H,18-19,35H2,1-3H3,(H,37,41)/t21-,29-,33+/m0/s1. The number of nitrogens with two attached hydrogens (primary N) is 1. The van der Waals surface area contributed by atoms with Crippen LogP contribution in [0.2, 0.25) is 5.02 Å². The Labute approximate surface area is 255 Å². The van der Waals surface area contributed by atoms with E-state index in [0.29, 0.717) is 16.1 Å². The van der Waals surface area contributed by atoms with Crippen molar-refractivity contribution in [3.8, 4) is 0 Å². The zero-order chi connectivity index (χ0) is 31.1. The number of fused-ring (bicyclic) bond motifs is 1. The van der Waals surface area contributed by atoms with E-state index in [1.54, 1.807) is 42.5 Å². The predicted octanol–water partition coefficient (Wildman–Crippen LogP) is 4.04. The number of Topliss-reactive ketones (excluding diaryl/α,β-unsaturated/α-hetero) is 1. The molecule has 3 aromatic carbocycles. The normalized spacial score (nSPS) is 13.8. The Morgan fingerprint density at radius 1 is 0.977 bits per heavy atom. The maximum atomic E-state index is 15.0. The zero-order valence-electron chi connectivity index (χ0n) is 24.1. The van der Waals surface area contributed by atoms with Crippen molar-refractivity contribution in [2.45, 2.75) is 44.3 Å². The number of hydrogen-bond acceptors (Lipinski definition) is 7. The summed E-state index contributed by atoms with van der Waals surface area (Å²) >= 11 is 6.08. The summed E-state index contributed by atoms with van der Waals surface area (Å²) < 4.78 is 5.29. The van der Waals surface area contributed by atoms with Gasteiger partial charge in [-0.25, -0.2) is 4.79 Å². The fraction of sp³-hybridized carbons (Fsp3) is 0.242. The van der Waals surface area contributed by atoms with Crippen molar-refractivity contribution in [1.29, 1.82) is 0 Å². The van der Waals surface area contributed by atoms with E-state index in [1.807, 2.05) is 36.4 Å². The van der Waals surface area contributed by atoms with Gasteiger partial charge in [0.1, 0.15) is 0 Å². The molecule has 4 aromatic rings. The van der Waals surface area contributed by atoms with Crippen molar-refractivity contribution in [3.05, 3.63) is 107 Å². The van der Waals surface area contributed by atoms with E-state index in [9.17, 15) is 19.2 Å². The number of halogens is 1. The lowest BCUT2D eigenvalue weighted by atomic mass is 9.79. The van der Waals surface area contributed by atoms with Crippen LogP contribution in [0.3, 0.4) is 0 Å². The highest BCUT2D eigenvalue weighted by molar-refractivity contribution is 6.30. The number of methoxy groups -OCH3 is 1. The first-order chi connectivity index (χ1) is 20.6. The summed E-state index contributed by atoms with van der Waals surface area (Å²) in [6.07, 6.45) is 2.65. The van der Waals surface area contributed by atoms with E-state index in [2.05, 4.69) is 10.3 Å². The molecule has 0 aliphatic carbocycles. The number of nitrogens with one attached hydrogen (secondary N) is 1. The van der Waals surface area contributed by atoms with Gasteiger partial charge in [-0.05, 0) is 59.5 Å². The van der Waals surface area contributed by atoms with Crippen LogP contribution in [0.5, 0.6) is 0 Å². The van der Waals surface area contributed by atoms with Gasteiger partial charge < -0.3 is 15.8 Å². The van der Waals surface area contributed by atoms with Crippen LogP contribution < -0.4 is 16.0 Å². The number of ketones is 1. The molecule has 0 saturated heterocycles. The Kier molecular flexibility index (Phi) is 9.90. The number of esters is 1. The fourth-order valence-electron chi connectivity index (χ4n) is 5.17. The number of hydrogen-bond donors (Lipinski definition) is 2. The Bertz CT molecular complexity index is 1630. The van der Waals surface area contributed by atoms with Gasteiger partial charge in [0.25, 0.3) is 0 Å². The molecule has 0 aliphatic rings. The topological polar surface area (TPSA) is 132 Å². The predicted molar refractivity (Wildman–Crippen MR) is 166 cm³/mol. The minimum Gasteiger partial charge on any atom is -0.467 e. The minimum atomic E-state index is -2.24. The van der Waals surface area contributed by atoms with Crippen molar-refractivity contribution in [3.63, 3.8) is 0 Å². The van der Waals surface area contributed by atoms with Gasteiger partial charge in [-0.1, -0.05) is 66.2 Å². The number of amides is 2. The molecule has 9 nitrogen and oxygen atoms in total. The summed E-state index contributed by atoms with van der Waals surface area (Å²) in [6, 6.07) is 20.9. The molecule has 2 amide bonds. The molecule has 0 radical (unpaired) electrons. The third-order valence-corrected chi connectivity index (χ3v) is 7.46. The van der Waals surface area contributed by atoms with Crippen LogP contribution >= 0.6 is 11.6 Å². The van der Waals surface area contributed by atoms with Crippen LogP contribution in [0, 0.1) is 0 Å². The van der Waals surface area contributed by atoms with Gasteiger partial charge in [0.15, 0.2) is 5.78 Å². The third-order valence-electron chi connectivity index (χ3n) is 7.20. The summed E-state index contributed by atoms with van der Waals surface area (Å²) in [6.45, 7) is 2.74. The van der Waals surface area contributed by atoms with Crippen LogP contribution in [0.25, 0.3) is 10.8 Å².